The van der Waals surface area contributed by atoms with Crippen molar-refractivity contribution in [2.75, 3.05) is 0 Å². The number of aromatic nitrogens is 2. The van der Waals surface area contributed by atoms with Crippen LogP contribution in [0.3, 0.4) is 0 Å². The fourth-order valence-electron chi connectivity index (χ4n) is 2.06. The molecule has 6 heteroatoms. The first-order chi connectivity index (χ1) is 9.59. The summed E-state index contributed by atoms with van der Waals surface area (Å²) in [6.07, 6.45) is 1.70. The van der Waals surface area contributed by atoms with Crippen molar-refractivity contribution in [3.05, 3.63) is 58.4 Å². The van der Waals surface area contributed by atoms with Gasteiger partial charge in [0.2, 0.25) is 0 Å². The third-order valence-electron chi connectivity index (χ3n) is 3.03. The molecule has 2 aromatic carbocycles. The molecule has 0 amide bonds. The van der Waals surface area contributed by atoms with Crippen LogP contribution in [0.5, 0.6) is 0 Å². The summed E-state index contributed by atoms with van der Waals surface area (Å²) in [5, 5.41) is 5.18. The van der Waals surface area contributed by atoms with Crippen molar-refractivity contribution in [1.82, 2.24) is 9.78 Å². The molecule has 0 aliphatic carbocycles. The minimum absolute atomic E-state index is 0.146. The molecule has 0 radical (unpaired) electrons. The summed E-state index contributed by atoms with van der Waals surface area (Å²) in [6, 6.07) is 10.9. The van der Waals surface area contributed by atoms with E-state index in [9.17, 15) is 4.39 Å². The minimum atomic E-state index is -0.441. The Kier molecular flexibility index (Phi) is 3.27. The van der Waals surface area contributed by atoms with E-state index in [0.29, 0.717) is 11.3 Å². The molecular weight excluding hydrogens is 341 g/mol. The summed E-state index contributed by atoms with van der Waals surface area (Å²) in [5.41, 5.74) is 7.21. The summed E-state index contributed by atoms with van der Waals surface area (Å²) in [4.78, 5) is 0.146. The zero-order valence-electron chi connectivity index (χ0n) is 10.2. The number of halogens is 2. The number of thiocarbonyl (C=S) groups is 1. The van der Waals surface area contributed by atoms with Crippen LogP contribution in [0.1, 0.15) is 5.56 Å². The van der Waals surface area contributed by atoms with E-state index in [1.807, 2.05) is 24.3 Å². The summed E-state index contributed by atoms with van der Waals surface area (Å²) in [7, 11) is 0. The molecule has 3 nitrogen and oxygen atoms in total. The Morgan fingerprint density at radius 2 is 2.00 bits per heavy atom. The fourth-order valence-corrected chi connectivity index (χ4v) is 2.91. The van der Waals surface area contributed by atoms with Crippen molar-refractivity contribution in [2.24, 2.45) is 5.73 Å². The molecule has 0 saturated heterocycles. The largest absolute Gasteiger partial charge is 0.389 e. The van der Waals surface area contributed by atoms with Gasteiger partial charge in [-0.15, -0.1) is 0 Å². The van der Waals surface area contributed by atoms with Crippen LogP contribution in [0.4, 0.5) is 4.39 Å². The third kappa shape index (κ3) is 2.01. The van der Waals surface area contributed by atoms with E-state index in [4.69, 9.17) is 18.0 Å². The summed E-state index contributed by atoms with van der Waals surface area (Å²) in [6.45, 7) is 0. The molecular formula is C14H9BrFN3S. The van der Waals surface area contributed by atoms with E-state index in [1.54, 1.807) is 23.0 Å². The lowest BCUT2D eigenvalue weighted by molar-refractivity contribution is 0.606. The Morgan fingerprint density at radius 1 is 1.25 bits per heavy atom. The van der Waals surface area contributed by atoms with Crippen molar-refractivity contribution in [3.8, 4) is 5.69 Å². The number of benzene rings is 2. The van der Waals surface area contributed by atoms with Gasteiger partial charge in [0.15, 0.2) is 5.82 Å². The van der Waals surface area contributed by atoms with Gasteiger partial charge < -0.3 is 5.73 Å². The van der Waals surface area contributed by atoms with E-state index in [2.05, 4.69) is 21.0 Å². The van der Waals surface area contributed by atoms with Crippen molar-refractivity contribution in [3.63, 3.8) is 0 Å². The maximum Gasteiger partial charge on any atom is 0.163 e. The quantitative estimate of drug-likeness (QED) is 0.719. The molecule has 0 saturated carbocycles. The van der Waals surface area contributed by atoms with Crippen LogP contribution in [0.2, 0.25) is 0 Å². The van der Waals surface area contributed by atoms with E-state index >= 15 is 0 Å². The number of para-hydroxylation sites is 1. The molecule has 1 aromatic heterocycles. The lowest BCUT2D eigenvalue weighted by Gasteiger charge is -2.09. The van der Waals surface area contributed by atoms with Crippen molar-refractivity contribution < 1.29 is 4.39 Å². The standard InChI is InChI=1S/C14H9BrFN3S/c15-12-9(14(17)20)5-6-11(13(12)16)19-10-4-2-1-3-8(10)7-18-19/h1-7H,(H2,17,20). The third-order valence-corrected chi connectivity index (χ3v) is 4.03. The van der Waals surface area contributed by atoms with E-state index < -0.39 is 5.82 Å². The van der Waals surface area contributed by atoms with Gasteiger partial charge in [-0.05, 0) is 34.1 Å². The number of rotatable bonds is 2. The van der Waals surface area contributed by atoms with Crippen LogP contribution in [0.15, 0.2) is 47.1 Å². The second-order valence-corrected chi connectivity index (χ2v) is 5.47. The molecule has 0 aliphatic heterocycles. The maximum absolute atomic E-state index is 14.5. The van der Waals surface area contributed by atoms with Gasteiger partial charge in [0, 0.05) is 10.9 Å². The molecule has 2 N–H and O–H groups in total. The highest BCUT2D eigenvalue weighted by molar-refractivity contribution is 9.10. The summed E-state index contributed by atoms with van der Waals surface area (Å²) >= 11 is 8.09. The predicted molar refractivity (Wildman–Crippen MR) is 84.6 cm³/mol. The van der Waals surface area contributed by atoms with Gasteiger partial charge in [-0.2, -0.15) is 5.10 Å². The van der Waals surface area contributed by atoms with E-state index in [1.165, 1.54) is 0 Å². The predicted octanol–water partition coefficient (Wildman–Crippen LogP) is 3.56. The van der Waals surface area contributed by atoms with Crippen LogP contribution >= 0.6 is 28.1 Å². The second-order valence-electron chi connectivity index (χ2n) is 4.24. The van der Waals surface area contributed by atoms with E-state index in [-0.39, 0.29) is 9.46 Å². The number of nitrogens with zero attached hydrogens (tertiary/aromatic N) is 2. The van der Waals surface area contributed by atoms with Gasteiger partial charge in [0.1, 0.15) is 10.7 Å². The highest BCUT2D eigenvalue weighted by Crippen LogP contribution is 2.28. The zero-order valence-corrected chi connectivity index (χ0v) is 12.6. The Hall–Kier alpha value is -1.79. The summed E-state index contributed by atoms with van der Waals surface area (Å²) < 4.78 is 16.3. The van der Waals surface area contributed by atoms with Crippen LogP contribution < -0.4 is 5.73 Å². The Morgan fingerprint density at radius 3 is 2.75 bits per heavy atom. The molecule has 1 heterocycles. The SMILES string of the molecule is NC(=S)c1ccc(-n2ncc3ccccc32)c(F)c1Br. The molecule has 3 rings (SSSR count). The van der Waals surface area contributed by atoms with Crippen molar-refractivity contribution >= 4 is 44.0 Å². The smallest absolute Gasteiger partial charge is 0.163 e. The Balaban J connectivity index is 2.25. The highest BCUT2D eigenvalue weighted by Gasteiger charge is 2.16. The lowest BCUT2D eigenvalue weighted by atomic mass is 10.2. The van der Waals surface area contributed by atoms with Crippen molar-refractivity contribution in [2.45, 2.75) is 0 Å². The number of hydrogen-bond acceptors (Lipinski definition) is 2. The molecule has 0 spiro atoms. The lowest BCUT2D eigenvalue weighted by Crippen LogP contribution is -2.12. The van der Waals surface area contributed by atoms with Gasteiger partial charge in [-0.3, -0.25) is 0 Å². The van der Waals surface area contributed by atoms with Gasteiger partial charge in [0.05, 0.1) is 16.2 Å². The van der Waals surface area contributed by atoms with Crippen molar-refractivity contribution in [1.29, 1.82) is 0 Å². The maximum atomic E-state index is 14.5. The van der Waals surface area contributed by atoms with Gasteiger partial charge >= 0.3 is 0 Å². The molecule has 100 valence electrons. The molecule has 0 bridgehead atoms. The summed E-state index contributed by atoms with van der Waals surface area (Å²) in [5.74, 6) is -0.441. The molecule has 0 aliphatic rings. The fraction of sp³-hybridized carbons (Fsp3) is 0. The molecule has 0 atom stereocenters. The molecule has 20 heavy (non-hydrogen) atoms. The van der Waals surface area contributed by atoms with Gasteiger partial charge in [-0.1, -0.05) is 30.4 Å². The topological polar surface area (TPSA) is 43.8 Å². The number of hydrogen-bond donors (Lipinski definition) is 1. The first-order valence-electron chi connectivity index (χ1n) is 5.80. The molecule has 0 fully saturated rings. The highest BCUT2D eigenvalue weighted by atomic mass is 79.9. The Bertz CT molecular complexity index is 828. The second kappa shape index (κ2) is 4.96. The average Bonchev–Trinajstić information content (AvgIpc) is 2.85. The van der Waals surface area contributed by atoms with Crippen LogP contribution in [-0.4, -0.2) is 14.8 Å². The minimum Gasteiger partial charge on any atom is -0.389 e. The first-order valence-corrected chi connectivity index (χ1v) is 7.00. The Labute approximate surface area is 128 Å². The van der Waals surface area contributed by atoms with Crippen LogP contribution in [0, 0.1) is 5.82 Å². The normalized spacial score (nSPS) is 10.9. The monoisotopic (exact) mass is 349 g/mol. The zero-order chi connectivity index (χ0) is 14.3. The molecule has 3 aromatic rings. The van der Waals surface area contributed by atoms with E-state index in [0.717, 1.165) is 10.9 Å². The van der Waals surface area contributed by atoms with Gasteiger partial charge in [0.25, 0.3) is 0 Å². The van der Waals surface area contributed by atoms with Crippen LogP contribution in [0.25, 0.3) is 16.6 Å². The number of fused-ring (bicyclic) bond motifs is 1. The van der Waals surface area contributed by atoms with Gasteiger partial charge in [-0.25, -0.2) is 9.07 Å². The average molecular weight is 350 g/mol. The number of nitrogens with two attached hydrogens (primary N) is 1. The van der Waals surface area contributed by atoms with Crippen LogP contribution in [-0.2, 0) is 0 Å². The molecule has 0 unspecified atom stereocenters. The first kappa shape index (κ1) is 13.2.